The van der Waals surface area contributed by atoms with E-state index in [9.17, 15) is 4.79 Å². The highest BCUT2D eigenvalue weighted by atomic mass is 16.5. The SMILES string of the molecule is CC1(C)CN(CC(=O)NN)CCO1. The first-order chi connectivity index (χ1) is 6.03. The van der Waals surface area contributed by atoms with Crippen LogP contribution in [-0.2, 0) is 9.53 Å². The highest BCUT2D eigenvalue weighted by Crippen LogP contribution is 2.15. The molecule has 13 heavy (non-hydrogen) atoms. The summed E-state index contributed by atoms with van der Waals surface area (Å²) in [6.45, 7) is 6.60. The number of amides is 1. The quantitative estimate of drug-likeness (QED) is 0.333. The predicted molar refractivity (Wildman–Crippen MR) is 48.8 cm³/mol. The minimum atomic E-state index is -0.160. The van der Waals surface area contributed by atoms with E-state index in [0.717, 1.165) is 13.1 Å². The van der Waals surface area contributed by atoms with Crippen LogP contribution in [0.3, 0.4) is 0 Å². The predicted octanol–water partition coefficient (Wildman–Crippen LogP) is -0.913. The molecule has 1 amide bonds. The Morgan fingerprint density at radius 1 is 1.69 bits per heavy atom. The average molecular weight is 187 g/mol. The molecule has 0 aromatic rings. The zero-order valence-electron chi connectivity index (χ0n) is 8.17. The fourth-order valence-corrected chi connectivity index (χ4v) is 1.50. The summed E-state index contributed by atoms with van der Waals surface area (Å²) in [6, 6.07) is 0. The van der Waals surface area contributed by atoms with Crippen molar-refractivity contribution in [2.24, 2.45) is 5.84 Å². The second-order valence-corrected chi connectivity index (χ2v) is 3.89. The normalized spacial score (nSPS) is 22.7. The minimum absolute atomic E-state index is 0.155. The van der Waals surface area contributed by atoms with Crippen LogP contribution in [0.4, 0.5) is 0 Å². The molecule has 5 nitrogen and oxygen atoms in total. The molecular formula is C8H17N3O2. The lowest BCUT2D eigenvalue weighted by atomic mass is 10.1. The van der Waals surface area contributed by atoms with E-state index in [1.54, 1.807) is 0 Å². The molecule has 0 radical (unpaired) electrons. The highest BCUT2D eigenvalue weighted by Gasteiger charge is 2.27. The molecule has 1 aliphatic heterocycles. The Kier molecular flexibility index (Phi) is 3.24. The maximum absolute atomic E-state index is 11.0. The zero-order valence-corrected chi connectivity index (χ0v) is 8.17. The number of carbonyl (C=O) groups excluding carboxylic acids is 1. The fourth-order valence-electron chi connectivity index (χ4n) is 1.50. The fraction of sp³-hybridized carbons (Fsp3) is 0.875. The van der Waals surface area contributed by atoms with E-state index in [4.69, 9.17) is 10.6 Å². The number of ether oxygens (including phenoxy) is 1. The lowest BCUT2D eigenvalue weighted by molar-refractivity contribution is -0.127. The summed E-state index contributed by atoms with van der Waals surface area (Å²) >= 11 is 0. The van der Waals surface area contributed by atoms with Crippen LogP contribution in [0.15, 0.2) is 0 Å². The van der Waals surface area contributed by atoms with Crippen LogP contribution in [0.5, 0.6) is 0 Å². The molecule has 1 heterocycles. The van der Waals surface area contributed by atoms with Gasteiger partial charge >= 0.3 is 0 Å². The van der Waals surface area contributed by atoms with E-state index >= 15 is 0 Å². The van der Waals surface area contributed by atoms with Gasteiger partial charge in [0.05, 0.1) is 18.8 Å². The summed E-state index contributed by atoms with van der Waals surface area (Å²) in [5.41, 5.74) is 1.96. The van der Waals surface area contributed by atoms with Crippen LogP contribution < -0.4 is 11.3 Å². The van der Waals surface area contributed by atoms with Gasteiger partial charge in [0.1, 0.15) is 0 Å². The molecule has 0 bridgehead atoms. The summed E-state index contributed by atoms with van der Waals surface area (Å²) in [6.07, 6.45) is 0. The summed E-state index contributed by atoms with van der Waals surface area (Å²) in [5, 5.41) is 0. The number of hydrogen-bond acceptors (Lipinski definition) is 4. The average Bonchev–Trinajstić information content (AvgIpc) is 2.02. The Labute approximate surface area is 78.2 Å². The van der Waals surface area contributed by atoms with Gasteiger partial charge in [0.15, 0.2) is 0 Å². The van der Waals surface area contributed by atoms with E-state index in [1.165, 1.54) is 0 Å². The maximum Gasteiger partial charge on any atom is 0.248 e. The minimum Gasteiger partial charge on any atom is -0.373 e. The van der Waals surface area contributed by atoms with Crippen LogP contribution in [0.1, 0.15) is 13.8 Å². The molecule has 1 aliphatic rings. The Hall–Kier alpha value is -0.650. The number of nitrogens with zero attached hydrogens (tertiary/aromatic N) is 1. The Morgan fingerprint density at radius 3 is 2.92 bits per heavy atom. The zero-order chi connectivity index (χ0) is 9.90. The molecule has 1 fully saturated rings. The largest absolute Gasteiger partial charge is 0.373 e. The summed E-state index contributed by atoms with van der Waals surface area (Å²) in [4.78, 5) is 13.0. The van der Waals surface area contributed by atoms with Crippen molar-refractivity contribution in [3.8, 4) is 0 Å². The van der Waals surface area contributed by atoms with Crippen LogP contribution in [0, 0.1) is 0 Å². The first-order valence-electron chi connectivity index (χ1n) is 4.39. The first-order valence-corrected chi connectivity index (χ1v) is 4.39. The van der Waals surface area contributed by atoms with Crippen LogP contribution in [-0.4, -0.2) is 42.6 Å². The summed E-state index contributed by atoms with van der Waals surface area (Å²) < 4.78 is 5.51. The molecular weight excluding hydrogens is 170 g/mol. The van der Waals surface area contributed by atoms with Gasteiger partial charge in [-0.2, -0.15) is 0 Å². The van der Waals surface area contributed by atoms with Crippen LogP contribution in [0.25, 0.3) is 0 Å². The van der Waals surface area contributed by atoms with E-state index in [2.05, 4.69) is 5.43 Å². The lowest BCUT2D eigenvalue weighted by Gasteiger charge is -2.37. The van der Waals surface area contributed by atoms with Crippen molar-refractivity contribution in [2.45, 2.75) is 19.4 Å². The molecule has 0 atom stereocenters. The van der Waals surface area contributed by atoms with E-state index in [0.29, 0.717) is 13.2 Å². The number of nitrogens with two attached hydrogens (primary N) is 1. The maximum atomic E-state index is 11.0. The van der Waals surface area contributed by atoms with Crippen molar-refractivity contribution in [3.05, 3.63) is 0 Å². The second-order valence-electron chi connectivity index (χ2n) is 3.89. The summed E-state index contributed by atoms with van der Waals surface area (Å²) in [5.74, 6) is 4.84. The summed E-state index contributed by atoms with van der Waals surface area (Å²) in [7, 11) is 0. The van der Waals surface area contributed by atoms with Crippen molar-refractivity contribution in [2.75, 3.05) is 26.2 Å². The molecule has 0 aliphatic carbocycles. The van der Waals surface area contributed by atoms with Gasteiger partial charge in [-0.15, -0.1) is 0 Å². The van der Waals surface area contributed by atoms with Gasteiger partial charge in [-0.3, -0.25) is 15.1 Å². The molecule has 0 spiro atoms. The number of hydrogen-bond donors (Lipinski definition) is 2. The molecule has 76 valence electrons. The molecule has 5 heteroatoms. The van der Waals surface area contributed by atoms with E-state index in [-0.39, 0.29) is 11.5 Å². The third kappa shape index (κ3) is 3.30. The van der Waals surface area contributed by atoms with Gasteiger partial charge in [-0.05, 0) is 13.8 Å². The molecule has 0 aromatic heterocycles. The Morgan fingerprint density at radius 2 is 2.38 bits per heavy atom. The molecule has 1 saturated heterocycles. The van der Waals surface area contributed by atoms with Crippen LogP contribution >= 0.6 is 0 Å². The molecule has 3 N–H and O–H groups in total. The van der Waals surface area contributed by atoms with Gasteiger partial charge in [0, 0.05) is 13.1 Å². The number of rotatable bonds is 2. The van der Waals surface area contributed by atoms with Gasteiger partial charge in [-0.25, -0.2) is 5.84 Å². The van der Waals surface area contributed by atoms with E-state index in [1.807, 2.05) is 18.7 Å². The van der Waals surface area contributed by atoms with Crippen molar-refractivity contribution in [3.63, 3.8) is 0 Å². The van der Waals surface area contributed by atoms with Crippen LogP contribution in [0.2, 0.25) is 0 Å². The Balaban J connectivity index is 2.39. The number of carbonyl (C=O) groups is 1. The molecule has 0 unspecified atom stereocenters. The van der Waals surface area contributed by atoms with Crippen molar-refractivity contribution in [1.82, 2.24) is 10.3 Å². The third-order valence-corrected chi connectivity index (χ3v) is 2.03. The monoisotopic (exact) mass is 187 g/mol. The van der Waals surface area contributed by atoms with Crippen molar-refractivity contribution in [1.29, 1.82) is 0 Å². The first kappa shape index (κ1) is 10.4. The lowest BCUT2D eigenvalue weighted by Crippen LogP contribution is -2.51. The highest BCUT2D eigenvalue weighted by molar-refractivity contribution is 5.77. The van der Waals surface area contributed by atoms with E-state index < -0.39 is 0 Å². The van der Waals surface area contributed by atoms with Gasteiger partial charge in [0.25, 0.3) is 0 Å². The van der Waals surface area contributed by atoms with Gasteiger partial charge in [-0.1, -0.05) is 0 Å². The molecule has 1 rings (SSSR count). The molecule has 0 saturated carbocycles. The Bertz CT molecular complexity index is 194. The number of nitrogens with one attached hydrogen (secondary N) is 1. The second kappa shape index (κ2) is 4.04. The standard InChI is InChI=1S/C8H17N3O2/c1-8(2)6-11(3-4-13-8)5-7(12)10-9/h3-6,9H2,1-2H3,(H,10,12). The van der Waals surface area contributed by atoms with Gasteiger partial charge in [0.2, 0.25) is 5.91 Å². The van der Waals surface area contributed by atoms with Gasteiger partial charge < -0.3 is 4.74 Å². The number of hydrazine groups is 1. The number of morpholine rings is 1. The van der Waals surface area contributed by atoms with Crippen molar-refractivity contribution >= 4 is 5.91 Å². The third-order valence-electron chi connectivity index (χ3n) is 2.03. The molecule has 0 aromatic carbocycles. The smallest absolute Gasteiger partial charge is 0.248 e. The van der Waals surface area contributed by atoms with Crippen molar-refractivity contribution < 1.29 is 9.53 Å². The topological polar surface area (TPSA) is 67.6 Å².